The van der Waals surface area contributed by atoms with E-state index in [-0.39, 0.29) is 0 Å². The van der Waals surface area contributed by atoms with Gasteiger partial charge in [0.25, 0.3) is 0 Å². The first kappa shape index (κ1) is 13.4. The molecule has 0 amide bonds. The Hall–Kier alpha value is -0.0800. The standard InChI is InChI=1S/C15H29NO/c1-5-15(3)13(16-4)10-14(15)17-12-8-6-11(2)7-9-12/h11-14,16H,5-10H2,1-4H3. The Labute approximate surface area is 107 Å². The Bertz CT molecular complexity index is 247. The quantitative estimate of drug-likeness (QED) is 0.812. The Morgan fingerprint density at radius 2 is 1.88 bits per heavy atom. The second-order valence-corrected chi connectivity index (χ2v) is 6.44. The van der Waals surface area contributed by atoms with Crippen LogP contribution in [-0.2, 0) is 4.74 Å². The molecule has 3 unspecified atom stereocenters. The molecule has 100 valence electrons. The Morgan fingerprint density at radius 3 is 2.41 bits per heavy atom. The fourth-order valence-corrected chi connectivity index (χ4v) is 3.55. The molecular formula is C15H29NO. The van der Waals surface area contributed by atoms with Crippen LogP contribution in [0.15, 0.2) is 0 Å². The number of ether oxygens (including phenoxy) is 1. The summed E-state index contributed by atoms with van der Waals surface area (Å²) in [5.74, 6) is 0.916. The molecule has 0 aromatic carbocycles. The fourth-order valence-electron chi connectivity index (χ4n) is 3.55. The monoisotopic (exact) mass is 239 g/mol. The van der Waals surface area contributed by atoms with E-state index >= 15 is 0 Å². The minimum Gasteiger partial charge on any atom is -0.374 e. The highest BCUT2D eigenvalue weighted by Crippen LogP contribution is 2.47. The van der Waals surface area contributed by atoms with Crippen molar-refractivity contribution < 1.29 is 4.74 Å². The van der Waals surface area contributed by atoms with Crippen LogP contribution in [0, 0.1) is 11.3 Å². The van der Waals surface area contributed by atoms with Crippen LogP contribution in [0.4, 0.5) is 0 Å². The van der Waals surface area contributed by atoms with Crippen molar-refractivity contribution in [2.75, 3.05) is 7.05 Å². The van der Waals surface area contributed by atoms with Gasteiger partial charge in [0.15, 0.2) is 0 Å². The van der Waals surface area contributed by atoms with E-state index in [0.717, 1.165) is 5.92 Å². The number of rotatable bonds is 4. The predicted molar refractivity (Wildman–Crippen MR) is 72.2 cm³/mol. The van der Waals surface area contributed by atoms with Gasteiger partial charge in [-0.1, -0.05) is 20.8 Å². The summed E-state index contributed by atoms with van der Waals surface area (Å²) in [5.41, 5.74) is 0.359. The summed E-state index contributed by atoms with van der Waals surface area (Å²) in [7, 11) is 2.08. The van der Waals surface area contributed by atoms with Crippen molar-refractivity contribution in [3.8, 4) is 0 Å². The molecule has 0 spiro atoms. The van der Waals surface area contributed by atoms with Crippen molar-refractivity contribution in [1.82, 2.24) is 5.32 Å². The van der Waals surface area contributed by atoms with Gasteiger partial charge >= 0.3 is 0 Å². The van der Waals surface area contributed by atoms with E-state index in [0.29, 0.717) is 23.7 Å². The Kier molecular flexibility index (Phi) is 4.14. The number of hydrogen-bond donors (Lipinski definition) is 1. The van der Waals surface area contributed by atoms with E-state index in [4.69, 9.17) is 4.74 Å². The summed E-state index contributed by atoms with van der Waals surface area (Å²) in [6, 6.07) is 0.653. The lowest BCUT2D eigenvalue weighted by Gasteiger charge is -2.54. The van der Waals surface area contributed by atoms with Gasteiger partial charge in [-0.15, -0.1) is 0 Å². The SMILES string of the molecule is CCC1(C)C(NC)CC1OC1CCC(C)CC1. The summed E-state index contributed by atoms with van der Waals surface area (Å²) in [5, 5.41) is 3.44. The Balaban J connectivity index is 1.84. The highest BCUT2D eigenvalue weighted by molar-refractivity contribution is 5.04. The number of nitrogens with one attached hydrogen (secondary N) is 1. The third kappa shape index (κ3) is 2.53. The molecule has 2 aliphatic rings. The molecule has 0 heterocycles. The summed E-state index contributed by atoms with van der Waals surface area (Å²) in [6.45, 7) is 7.04. The van der Waals surface area contributed by atoms with Crippen molar-refractivity contribution >= 4 is 0 Å². The van der Waals surface area contributed by atoms with E-state index in [1.807, 2.05) is 0 Å². The molecule has 2 fully saturated rings. The first-order valence-corrected chi connectivity index (χ1v) is 7.42. The summed E-state index contributed by atoms with van der Waals surface area (Å²) >= 11 is 0. The van der Waals surface area contributed by atoms with Gasteiger partial charge in [-0.3, -0.25) is 0 Å². The molecule has 2 rings (SSSR count). The van der Waals surface area contributed by atoms with E-state index in [2.05, 4.69) is 33.1 Å². The molecule has 0 bridgehead atoms. The number of hydrogen-bond acceptors (Lipinski definition) is 2. The van der Waals surface area contributed by atoms with Crippen molar-refractivity contribution in [2.45, 2.75) is 77.5 Å². The second kappa shape index (κ2) is 5.27. The molecule has 1 N–H and O–H groups in total. The van der Waals surface area contributed by atoms with Crippen LogP contribution in [0.25, 0.3) is 0 Å². The van der Waals surface area contributed by atoms with Crippen LogP contribution in [-0.4, -0.2) is 25.3 Å². The van der Waals surface area contributed by atoms with Gasteiger partial charge in [0, 0.05) is 11.5 Å². The summed E-state index contributed by atoms with van der Waals surface area (Å²) < 4.78 is 6.37. The molecule has 2 aliphatic carbocycles. The van der Waals surface area contributed by atoms with E-state index in [1.54, 1.807) is 0 Å². The highest BCUT2D eigenvalue weighted by Gasteiger charge is 2.51. The molecule has 0 aromatic heterocycles. The normalized spacial score (nSPS) is 46.6. The second-order valence-electron chi connectivity index (χ2n) is 6.44. The molecule has 0 aliphatic heterocycles. The van der Waals surface area contributed by atoms with Gasteiger partial charge in [0.2, 0.25) is 0 Å². The predicted octanol–water partition coefficient (Wildman–Crippen LogP) is 3.36. The Morgan fingerprint density at radius 1 is 1.24 bits per heavy atom. The largest absolute Gasteiger partial charge is 0.374 e. The van der Waals surface area contributed by atoms with Gasteiger partial charge in [-0.2, -0.15) is 0 Å². The van der Waals surface area contributed by atoms with Crippen molar-refractivity contribution in [3.63, 3.8) is 0 Å². The first-order chi connectivity index (χ1) is 8.10. The maximum absolute atomic E-state index is 6.37. The lowest BCUT2D eigenvalue weighted by molar-refractivity contribution is -0.163. The molecule has 2 heteroatoms. The molecule has 3 atom stereocenters. The van der Waals surface area contributed by atoms with Gasteiger partial charge in [0.1, 0.15) is 0 Å². The van der Waals surface area contributed by atoms with E-state index in [9.17, 15) is 0 Å². The van der Waals surface area contributed by atoms with E-state index < -0.39 is 0 Å². The molecule has 2 nitrogen and oxygen atoms in total. The highest BCUT2D eigenvalue weighted by atomic mass is 16.5. The zero-order chi connectivity index (χ0) is 12.5. The van der Waals surface area contributed by atoms with Crippen molar-refractivity contribution in [3.05, 3.63) is 0 Å². The molecule has 0 aromatic rings. The summed E-state index contributed by atoms with van der Waals surface area (Å²) in [4.78, 5) is 0. The van der Waals surface area contributed by atoms with Gasteiger partial charge in [0.05, 0.1) is 12.2 Å². The molecule has 0 saturated heterocycles. The average Bonchev–Trinajstić information content (AvgIpc) is 2.35. The minimum absolute atomic E-state index is 0.359. The van der Waals surface area contributed by atoms with Crippen molar-refractivity contribution in [1.29, 1.82) is 0 Å². The molecular weight excluding hydrogens is 210 g/mol. The molecule has 17 heavy (non-hydrogen) atoms. The van der Waals surface area contributed by atoms with E-state index in [1.165, 1.54) is 38.5 Å². The van der Waals surface area contributed by atoms with Crippen LogP contribution in [0.1, 0.15) is 59.3 Å². The third-order valence-electron chi connectivity index (χ3n) is 5.41. The smallest absolute Gasteiger partial charge is 0.0662 e. The minimum atomic E-state index is 0.359. The maximum Gasteiger partial charge on any atom is 0.0662 e. The molecule has 2 saturated carbocycles. The first-order valence-electron chi connectivity index (χ1n) is 7.42. The van der Waals surface area contributed by atoms with Crippen molar-refractivity contribution in [2.24, 2.45) is 11.3 Å². The zero-order valence-corrected chi connectivity index (χ0v) is 12.0. The third-order valence-corrected chi connectivity index (χ3v) is 5.41. The summed E-state index contributed by atoms with van der Waals surface area (Å²) in [6.07, 6.45) is 8.72. The zero-order valence-electron chi connectivity index (χ0n) is 12.0. The van der Waals surface area contributed by atoms with Gasteiger partial charge in [-0.05, 0) is 51.5 Å². The van der Waals surface area contributed by atoms with Gasteiger partial charge in [-0.25, -0.2) is 0 Å². The average molecular weight is 239 g/mol. The topological polar surface area (TPSA) is 21.3 Å². The molecule has 0 radical (unpaired) electrons. The lowest BCUT2D eigenvalue weighted by Crippen LogP contribution is -2.62. The van der Waals surface area contributed by atoms with Crippen LogP contribution in [0.5, 0.6) is 0 Å². The van der Waals surface area contributed by atoms with Crippen LogP contribution in [0.2, 0.25) is 0 Å². The van der Waals surface area contributed by atoms with Crippen LogP contribution in [0.3, 0.4) is 0 Å². The van der Waals surface area contributed by atoms with Crippen LogP contribution < -0.4 is 5.32 Å². The fraction of sp³-hybridized carbons (Fsp3) is 1.00. The lowest BCUT2D eigenvalue weighted by atomic mass is 9.61. The van der Waals surface area contributed by atoms with Crippen LogP contribution >= 0.6 is 0 Å². The maximum atomic E-state index is 6.37. The van der Waals surface area contributed by atoms with Gasteiger partial charge < -0.3 is 10.1 Å².